The van der Waals surface area contributed by atoms with Gasteiger partial charge in [-0.1, -0.05) is 49.1 Å². The topological polar surface area (TPSA) is 68.0 Å². The zero-order valence-electron chi connectivity index (χ0n) is 16.5. The molecule has 1 aliphatic rings. The van der Waals surface area contributed by atoms with Gasteiger partial charge in [-0.15, -0.1) is 0 Å². The second kappa shape index (κ2) is 7.58. The minimum absolute atomic E-state index is 0.0417. The largest absolute Gasteiger partial charge is 0.417 e. The van der Waals surface area contributed by atoms with Crippen molar-refractivity contribution in [1.82, 2.24) is 10.3 Å². The number of carbonyl (C=O) groups excluding carboxylic acids is 1. The summed E-state index contributed by atoms with van der Waals surface area (Å²) in [6.45, 7) is 3.70. The van der Waals surface area contributed by atoms with Gasteiger partial charge in [0.15, 0.2) is 0 Å². The van der Waals surface area contributed by atoms with Crippen molar-refractivity contribution in [2.45, 2.75) is 24.6 Å². The number of nitrogens with two attached hydrogens (primary N) is 1. The molecule has 1 aromatic heterocycles. The first-order valence-corrected chi connectivity index (χ1v) is 9.70. The number of amides is 1. The Balaban J connectivity index is 1.52. The number of aromatic nitrogens is 1. The molecule has 2 aromatic carbocycles. The van der Waals surface area contributed by atoms with Crippen LogP contribution in [0.15, 0.2) is 67.4 Å². The summed E-state index contributed by atoms with van der Waals surface area (Å²) in [6.07, 6.45) is -0.386. The van der Waals surface area contributed by atoms with Crippen LogP contribution in [0, 0.1) is 0 Å². The molecule has 1 fully saturated rings. The molecule has 158 valence electrons. The smallest absolute Gasteiger partial charge is 0.397 e. The number of nitrogens with one attached hydrogen (secondary N) is 1. The van der Waals surface area contributed by atoms with Crippen molar-refractivity contribution in [1.29, 1.82) is 0 Å². The third-order valence-corrected chi connectivity index (χ3v) is 5.47. The van der Waals surface area contributed by atoms with Crippen molar-refractivity contribution in [3.63, 3.8) is 0 Å². The van der Waals surface area contributed by atoms with Crippen molar-refractivity contribution in [3.8, 4) is 11.3 Å². The van der Waals surface area contributed by atoms with E-state index in [0.717, 1.165) is 36.2 Å². The van der Waals surface area contributed by atoms with Gasteiger partial charge in [0.25, 0.3) is 5.91 Å². The molecule has 0 unspecified atom stereocenters. The molecule has 0 saturated heterocycles. The van der Waals surface area contributed by atoms with Gasteiger partial charge in [-0.25, -0.2) is 0 Å². The molecule has 1 saturated carbocycles. The molecular weight excluding hydrogens is 403 g/mol. The number of halogens is 3. The molecule has 0 atom stereocenters. The number of hydrogen-bond donors (Lipinski definition) is 2. The average Bonchev–Trinajstić information content (AvgIpc) is 3.54. The molecular formula is C24H20F3N3O. The van der Waals surface area contributed by atoms with Crippen molar-refractivity contribution < 1.29 is 18.0 Å². The molecule has 31 heavy (non-hydrogen) atoms. The van der Waals surface area contributed by atoms with Crippen LogP contribution in [-0.4, -0.2) is 10.9 Å². The molecule has 1 aliphatic carbocycles. The lowest BCUT2D eigenvalue weighted by atomic mass is 10.00. The minimum Gasteiger partial charge on any atom is -0.397 e. The molecule has 0 radical (unpaired) electrons. The van der Waals surface area contributed by atoms with E-state index in [1.807, 2.05) is 24.3 Å². The highest BCUT2D eigenvalue weighted by molar-refractivity contribution is 5.95. The van der Waals surface area contributed by atoms with E-state index in [4.69, 9.17) is 5.73 Å². The molecule has 4 rings (SSSR count). The lowest BCUT2D eigenvalue weighted by Gasteiger charge is -2.19. The second-order valence-corrected chi connectivity index (χ2v) is 7.60. The van der Waals surface area contributed by atoms with Crippen molar-refractivity contribution in [2.24, 2.45) is 0 Å². The Morgan fingerprint density at radius 1 is 1.10 bits per heavy atom. The monoisotopic (exact) mass is 423 g/mol. The Morgan fingerprint density at radius 3 is 2.26 bits per heavy atom. The lowest BCUT2D eigenvalue weighted by Crippen LogP contribution is -2.34. The summed E-state index contributed by atoms with van der Waals surface area (Å²) in [5.74, 6) is -0.161. The van der Waals surface area contributed by atoms with Gasteiger partial charge in [-0.3, -0.25) is 9.78 Å². The van der Waals surface area contributed by atoms with Gasteiger partial charge in [-0.05, 0) is 42.2 Å². The maximum atomic E-state index is 12.8. The summed E-state index contributed by atoms with van der Waals surface area (Å²) in [7, 11) is 0. The van der Waals surface area contributed by atoms with E-state index in [1.165, 1.54) is 0 Å². The van der Waals surface area contributed by atoms with Crippen LogP contribution in [0.5, 0.6) is 0 Å². The number of nitrogens with zero attached hydrogens (tertiary/aromatic N) is 1. The second-order valence-electron chi connectivity index (χ2n) is 7.60. The molecule has 4 nitrogen and oxygen atoms in total. The van der Waals surface area contributed by atoms with Gasteiger partial charge in [0.2, 0.25) is 0 Å². The number of carbonyl (C=O) groups is 1. The zero-order valence-corrected chi connectivity index (χ0v) is 16.5. The maximum Gasteiger partial charge on any atom is 0.417 e. The fraction of sp³-hybridized carbons (Fsp3) is 0.167. The molecule has 3 aromatic rings. The summed E-state index contributed by atoms with van der Waals surface area (Å²) in [5, 5.41) is 3.10. The normalized spacial score (nSPS) is 14.7. The highest BCUT2D eigenvalue weighted by Gasteiger charge is 2.45. The number of nitrogen functional groups attached to an aromatic ring is 1. The first-order chi connectivity index (χ1) is 14.7. The molecule has 0 bridgehead atoms. The lowest BCUT2D eigenvalue weighted by molar-refractivity contribution is -0.137. The van der Waals surface area contributed by atoms with Crippen LogP contribution in [0.2, 0.25) is 0 Å². The fourth-order valence-electron chi connectivity index (χ4n) is 3.50. The van der Waals surface area contributed by atoms with E-state index in [-0.39, 0.29) is 17.3 Å². The van der Waals surface area contributed by atoms with E-state index in [1.54, 1.807) is 30.3 Å². The maximum absolute atomic E-state index is 12.8. The summed E-state index contributed by atoms with van der Waals surface area (Å²) in [4.78, 5) is 16.6. The van der Waals surface area contributed by atoms with E-state index in [2.05, 4.69) is 16.9 Å². The number of hydrogen-bond acceptors (Lipinski definition) is 3. The van der Waals surface area contributed by atoms with Crippen LogP contribution in [0.4, 0.5) is 18.9 Å². The number of anilines is 1. The summed E-state index contributed by atoms with van der Waals surface area (Å²) in [6, 6.07) is 15.3. The van der Waals surface area contributed by atoms with Gasteiger partial charge >= 0.3 is 6.18 Å². The van der Waals surface area contributed by atoms with Crippen molar-refractivity contribution in [3.05, 3.63) is 89.6 Å². The van der Waals surface area contributed by atoms with Gasteiger partial charge in [-0.2, -0.15) is 13.2 Å². The first kappa shape index (κ1) is 20.7. The number of rotatable bonds is 5. The Bertz CT molecular complexity index is 1130. The van der Waals surface area contributed by atoms with Gasteiger partial charge < -0.3 is 11.1 Å². The molecule has 3 N–H and O–H groups in total. The Hall–Kier alpha value is -3.61. The predicted octanol–water partition coefficient (Wildman–Crippen LogP) is 5.41. The molecule has 1 amide bonds. The van der Waals surface area contributed by atoms with Gasteiger partial charge in [0.05, 0.1) is 22.5 Å². The van der Waals surface area contributed by atoms with E-state index >= 15 is 0 Å². The fourth-order valence-corrected chi connectivity index (χ4v) is 3.50. The van der Waals surface area contributed by atoms with Crippen LogP contribution in [0.25, 0.3) is 17.3 Å². The first-order valence-electron chi connectivity index (χ1n) is 9.70. The average molecular weight is 423 g/mol. The highest BCUT2D eigenvalue weighted by atomic mass is 19.4. The van der Waals surface area contributed by atoms with E-state index in [9.17, 15) is 18.0 Å². The van der Waals surface area contributed by atoms with Crippen LogP contribution in [0.1, 0.15) is 39.9 Å². The Morgan fingerprint density at radius 2 is 1.74 bits per heavy atom. The third-order valence-electron chi connectivity index (χ3n) is 5.47. The number of alkyl halides is 3. The molecule has 7 heteroatoms. The van der Waals surface area contributed by atoms with E-state index < -0.39 is 17.3 Å². The van der Waals surface area contributed by atoms with Crippen LogP contribution < -0.4 is 11.1 Å². The van der Waals surface area contributed by atoms with Gasteiger partial charge in [0.1, 0.15) is 0 Å². The summed E-state index contributed by atoms with van der Waals surface area (Å²) >= 11 is 0. The zero-order chi connectivity index (χ0) is 22.2. The third kappa shape index (κ3) is 4.17. The van der Waals surface area contributed by atoms with Crippen LogP contribution >= 0.6 is 0 Å². The van der Waals surface area contributed by atoms with Crippen molar-refractivity contribution >= 4 is 17.7 Å². The van der Waals surface area contributed by atoms with Crippen molar-refractivity contribution in [2.75, 3.05) is 5.73 Å². The molecule has 0 spiro atoms. The number of pyridine rings is 1. The summed E-state index contributed by atoms with van der Waals surface area (Å²) in [5.41, 5.74) is 7.77. The predicted molar refractivity (Wildman–Crippen MR) is 114 cm³/mol. The molecule has 1 heterocycles. The van der Waals surface area contributed by atoms with E-state index in [0.29, 0.717) is 11.1 Å². The van der Waals surface area contributed by atoms with Gasteiger partial charge in [0, 0.05) is 17.3 Å². The quantitative estimate of drug-likeness (QED) is 0.576. The molecule has 0 aliphatic heterocycles. The number of benzene rings is 2. The van der Waals surface area contributed by atoms with Crippen LogP contribution in [0.3, 0.4) is 0 Å². The van der Waals surface area contributed by atoms with Crippen LogP contribution in [-0.2, 0) is 11.7 Å². The minimum atomic E-state index is -4.49. The Labute approximate surface area is 177 Å². The standard InChI is InChI=1S/C24H20F3N3O/c1-2-15-3-5-17(6-4-15)22(31)30-23(11-12-23)18-9-7-16(8-10-18)21-20(28)13-19(14-29-21)24(25,26)27/h2-10,13-14H,1,11-12,28H2,(H,30,31). The summed E-state index contributed by atoms with van der Waals surface area (Å²) < 4.78 is 38.5. The SMILES string of the molecule is C=Cc1ccc(C(=O)NC2(c3ccc(-c4ncc(C(F)(F)F)cc4N)cc3)CC2)cc1. The Kier molecular flexibility index (Phi) is 5.05. The highest BCUT2D eigenvalue weighted by Crippen LogP contribution is 2.46.